The average Bonchev–Trinajstić information content (AvgIpc) is 3.20. The minimum absolute atomic E-state index is 0.0911. The Morgan fingerprint density at radius 2 is 2.04 bits per heavy atom. The van der Waals surface area contributed by atoms with Gasteiger partial charge in [0.1, 0.15) is 5.82 Å². The molecular formula is C20H18ClN3O2S. The molecule has 1 aliphatic heterocycles. The first-order chi connectivity index (χ1) is 12.9. The first-order valence-corrected chi connectivity index (χ1v) is 9.81. The van der Waals surface area contributed by atoms with Gasteiger partial charge in [-0.05, 0) is 50.1 Å². The van der Waals surface area contributed by atoms with Crippen LogP contribution in [-0.2, 0) is 4.79 Å². The van der Waals surface area contributed by atoms with E-state index in [0.717, 1.165) is 28.1 Å². The summed E-state index contributed by atoms with van der Waals surface area (Å²) in [5.41, 5.74) is 4.64. The first kappa shape index (κ1) is 17.9. The average molecular weight is 400 g/mol. The van der Waals surface area contributed by atoms with Gasteiger partial charge in [-0.1, -0.05) is 23.7 Å². The number of halogens is 1. The number of aromatic nitrogens is 2. The number of carbonyl (C=O) groups excluding carboxylic acids is 2. The van der Waals surface area contributed by atoms with Gasteiger partial charge in [0.2, 0.25) is 5.91 Å². The molecule has 27 heavy (non-hydrogen) atoms. The topological polar surface area (TPSA) is 64.0 Å². The Morgan fingerprint density at radius 3 is 2.74 bits per heavy atom. The van der Waals surface area contributed by atoms with Gasteiger partial charge in [0, 0.05) is 12.0 Å². The van der Waals surface area contributed by atoms with E-state index >= 15 is 0 Å². The molecule has 0 saturated heterocycles. The third-order valence-corrected chi connectivity index (χ3v) is 6.28. The number of anilines is 1. The van der Waals surface area contributed by atoms with Gasteiger partial charge in [-0.3, -0.25) is 9.59 Å². The number of aryl methyl sites for hydroxylation is 2. The lowest BCUT2D eigenvalue weighted by Crippen LogP contribution is -2.28. The number of nitrogens with zero attached hydrogens (tertiary/aromatic N) is 2. The largest absolute Gasteiger partial charge is 0.310 e. The van der Waals surface area contributed by atoms with Crippen LogP contribution in [0, 0.1) is 20.8 Å². The lowest BCUT2D eigenvalue weighted by Gasteiger charge is -2.23. The minimum atomic E-state index is -0.553. The Balaban J connectivity index is 1.86. The normalized spacial score (nSPS) is 16.1. The molecule has 0 saturated carbocycles. The van der Waals surface area contributed by atoms with Gasteiger partial charge < -0.3 is 5.32 Å². The maximum absolute atomic E-state index is 13.1. The van der Waals surface area contributed by atoms with Crippen molar-refractivity contribution in [2.45, 2.75) is 33.1 Å². The molecule has 0 unspecified atom stereocenters. The molecule has 1 atom stereocenters. The molecule has 5 nitrogen and oxygen atoms in total. The summed E-state index contributed by atoms with van der Waals surface area (Å²) in [4.78, 5) is 26.0. The second-order valence-corrected chi connectivity index (χ2v) is 8.47. The van der Waals surface area contributed by atoms with E-state index in [1.165, 1.54) is 11.3 Å². The number of amides is 1. The Morgan fingerprint density at radius 1 is 1.26 bits per heavy atom. The van der Waals surface area contributed by atoms with Crippen LogP contribution < -0.4 is 5.32 Å². The molecule has 0 aliphatic carbocycles. The van der Waals surface area contributed by atoms with Crippen LogP contribution in [-0.4, -0.2) is 21.5 Å². The number of nitrogens with one attached hydrogen (secondary N) is 1. The zero-order chi connectivity index (χ0) is 19.3. The lowest BCUT2D eigenvalue weighted by molar-refractivity contribution is -0.116. The van der Waals surface area contributed by atoms with Gasteiger partial charge in [-0.25, -0.2) is 4.68 Å². The van der Waals surface area contributed by atoms with Crippen molar-refractivity contribution in [2.75, 3.05) is 5.32 Å². The molecule has 3 aromatic rings. The quantitative estimate of drug-likeness (QED) is 0.642. The van der Waals surface area contributed by atoms with Gasteiger partial charge in [0.15, 0.2) is 5.78 Å². The second-order valence-electron chi connectivity index (χ2n) is 6.75. The Kier molecular flexibility index (Phi) is 4.40. The maximum Gasteiger partial charge on any atom is 0.226 e. The van der Waals surface area contributed by atoms with Crippen molar-refractivity contribution in [1.29, 1.82) is 0 Å². The zero-order valence-corrected chi connectivity index (χ0v) is 16.7. The highest BCUT2D eigenvalue weighted by Crippen LogP contribution is 2.40. The number of benzene rings is 1. The number of thiophene rings is 1. The van der Waals surface area contributed by atoms with Crippen LogP contribution in [0.2, 0.25) is 4.34 Å². The van der Waals surface area contributed by atoms with Crippen molar-refractivity contribution in [1.82, 2.24) is 9.78 Å². The molecule has 1 amide bonds. The number of Topliss-reactive ketones (excluding diaryl/α,β-unsaturated/α-hetero) is 1. The molecule has 0 bridgehead atoms. The number of rotatable bonds is 3. The van der Waals surface area contributed by atoms with Gasteiger partial charge in [0.25, 0.3) is 0 Å². The van der Waals surface area contributed by atoms with Crippen LogP contribution in [0.25, 0.3) is 5.69 Å². The predicted molar refractivity (Wildman–Crippen MR) is 107 cm³/mol. The first-order valence-electron chi connectivity index (χ1n) is 8.62. The summed E-state index contributed by atoms with van der Waals surface area (Å²) >= 11 is 7.23. The summed E-state index contributed by atoms with van der Waals surface area (Å²) < 4.78 is 2.30. The number of fused-ring (bicyclic) bond motifs is 1. The smallest absolute Gasteiger partial charge is 0.226 e. The van der Waals surface area contributed by atoms with E-state index in [0.29, 0.717) is 15.0 Å². The van der Waals surface area contributed by atoms with Crippen LogP contribution in [0.3, 0.4) is 0 Å². The molecule has 1 N–H and O–H groups in total. The SMILES string of the molecule is Cc1cccc(-n2nc(C)c3c2NC(=O)C[C@H]3C(=O)c2ccc(Cl)s2)c1C. The highest BCUT2D eigenvalue weighted by Gasteiger charge is 2.37. The van der Waals surface area contributed by atoms with Crippen molar-refractivity contribution < 1.29 is 9.59 Å². The number of hydrogen-bond acceptors (Lipinski definition) is 4. The fourth-order valence-electron chi connectivity index (χ4n) is 3.53. The van der Waals surface area contributed by atoms with Crippen molar-refractivity contribution in [3.63, 3.8) is 0 Å². The molecule has 7 heteroatoms. The van der Waals surface area contributed by atoms with E-state index in [-0.39, 0.29) is 18.1 Å². The summed E-state index contributed by atoms with van der Waals surface area (Å²) in [6, 6.07) is 9.38. The van der Waals surface area contributed by atoms with Crippen molar-refractivity contribution in [3.8, 4) is 5.69 Å². The van der Waals surface area contributed by atoms with Gasteiger partial charge >= 0.3 is 0 Å². The summed E-state index contributed by atoms with van der Waals surface area (Å²) in [6.07, 6.45) is 0.112. The molecule has 1 aromatic carbocycles. The van der Waals surface area contributed by atoms with Crippen molar-refractivity contribution >= 4 is 40.4 Å². The monoisotopic (exact) mass is 399 g/mol. The van der Waals surface area contributed by atoms with Gasteiger partial charge in [-0.2, -0.15) is 5.10 Å². The standard InChI is InChI=1S/C20H18ClN3O2S/c1-10-5-4-6-14(11(10)2)24-20-18(12(3)23-24)13(9-17(25)22-20)19(26)15-7-8-16(21)27-15/h4-8,13H,9H2,1-3H3,(H,22,25)/t13-/m1/s1. The van der Waals surface area contributed by atoms with Gasteiger partial charge in [-0.15, -0.1) is 11.3 Å². The highest BCUT2D eigenvalue weighted by molar-refractivity contribution is 7.18. The summed E-state index contributed by atoms with van der Waals surface area (Å²) in [5.74, 6) is -0.248. The second kappa shape index (κ2) is 6.62. The van der Waals surface area contributed by atoms with E-state index in [9.17, 15) is 9.59 Å². The van der Waals surface area contributed by atoms with E-state index in [1.54, 1.807) is 16.8 Å². The van der Waals surface area contributed by atoms with Gasteiger partial charge in [0.05, 0.1) is 26.5 Å². The van der Waals surface area contributed by atoms with Crippen LogP contribution in [0.5, 0.6) is 0 Å². The van der Waals surface area contributed by atoms with E-state index in [1.807, 2.05) is 39.0 Å². The summed E-state index contributed by atoms with van der Waals surface area (Å²) in [6.45, 7) is 5.93. The van der Waals surface area contributed by atoms with Crippen molar-refractivity contribution in [3.05, 3.63) is 61.9 Å². The van der Waals surface area contributed by atoms with E-state index in [2.05, 4.69) is 10.4 Å². The van der Waals surface area contributed by atoms with Crippen LogP contribution in [0.1, 0.15) is 44.4 Å². The Labute approximate surface area is 166 Å². The maximum atomic E-state index is 13.1. The Bertz CT molecular complexity index is 1080. The molecule has 3 heterocycles. The highest BCUT2D eigenvalue weighted by atomic mass is 35.5. The summed E-state index contributed by atoms with van der Waals surface area (Å²) in [5, 5.41) is 7.58. The number of carbonyl (C=O) groups is 2. The molecule has 0 radical (unpaired) electrons. The van der Waals surface area contributed by atoms with Crippen LogP contribution in [0.15, 0.2) is 30.3 Å². The van der Waals surface area contributed by atoms with E-state index in [4.69, 9.17) is 11.6 Å². The number of ketones is 1. The van der Waals surface area contributed by atoms with Crippen LogP contribution in [0.4, 0.5) is 5.82 Å². The molecule has 0 fully saturated rings. The number of hydrogen-bond donors (Lipinski definition) is 1. The third kappa shape index (κ3) is 2.99. The fourth-order valence-corrected chi connectivity index (χ4v) is 4.57. The molecule has 0 spiro atoms. The minimum Gasteiger partial charge on any atom is -0.310 e. The molecule has 4 rings (SSSR count). The van der Waals surface area contributed by atoms with Crippen LogP contribution >= 0.6 is 22.9 Å². The molecule has 138 valence electrons. The van der Waals surface area contributed by atoms with E-state index < -0.39 is 5.92 Å². The summed E-state index contributed by atoms with van der Waals surface area (Å²) in [7, 11) is 0. The fraction of sp³-hybridized carbons (Fsp3) is 0.250. The molecular weight excluding hydrogens is 382 g/mol. The lowest BCUT2D eigenvalue weighted by atomic mass is 9.87. The zero-order valence-electron chi connectivity index (χ0n) is 15.2. The molecule has 1 aliphatic rings. The third-order valence-electron chi connectivity index (χ3n) is 5.04. The molecule has 2 aromatic heterocycles. The Hall–Kier alpha value is -2.44. The predicted octanol–water partition coefficient (Wildman–Crippen LogP) is 4.82. The van der Waals surface area contributed by atoms with Crippen molar-refractivity contribution in [2.24, 2.45) is 0 Å².